The van der Waals surface area contributed by atoms with Gasteiger partial charge in [0.25, 0.3) is 0 Å². The van der Waals surface area contributed by atoms with Crippen LogP contribution in [0.1, 0.15) is 17.3 Å². The summed E-state index contributed by atoms with van der Waals surface area (Å²) in [5, 5.41) is 20.0. The van der Waals surface area contributed by atoms with Crippen LogP contribution in [0.2, 0.25) is 0 Å². The Morgan fingerprint density at radius 1 is 1.57 bits per heavy atom. The van der Waals surface area contributed by atoms with Crippen molar-refractivity contribution in [1.82, 2.24) is 4.98 Å². The number of carboxylic acid groups (broad SMARTS) is 1. The molecule has 1 aromatic rings. The third-order valence-electron chi connectivity index (χ3n) is 3.23. The zero-order valence-corrected chi connectivity index (χ0v) is 11.9. The summed E-state index contributed by atoms with van der Waals surface area (Å²) >= 11 is 0. The number of nitrogens with zero attached hydrogens (tertiary/aromatic N) is 3. The number of sulfone groups is 1. The molecule has 0 aliphatic carbocycles. The number of nitro groups is 1. The van der Waals surface area contributed by atoms with E-state index in [-0.39, 0.29) is 29.4 Å². The summed E-state index contributed by atoms with van der Waals surface area (Å²) < 4.78 is 23.1. The predicted molar refractivity (Wildman–Crippen MR) is 73.3 cm³/mol. The van der Waals surface area contributed by atoms with Gasteiger partial charge in [0.2, 0.25) is 5.82 Å². The molecule has 1 aromatic heterocycles. The maximum atomic E-state index is 11.5. The van der Waals surface area contributed by atoms with Crippen LogP contribution in [0, 0.1) is 10.1 Å². The molecule has 1 fully saturated rings. The topological polar surface area (TPSA) is 131 Å². The first kappa shape index (κ1) is 15.2. The molecule has 0 radical (unpaired) electrons. The number of carbonyl (C=O) groups is 1. The highest BCUT2D eigenvalue weighted by Gasteiger charge is 2.33. The van der Waals surface area contributed by atoms with Crippen LogP contribution < -0.4 is 4.90 Å². The van der Waals surface area contributed by atoms with E-state index in [0.717, 1.165) is 12.3 Å². The monoisotopic (exact) mass is 315 g/mol. The first-order valence-corrected chi connectivity index (χ1v) is 7.88. The van der Waals surface area contributed by atoms with Crippen LogP contribution in [0.4, 0.5) is 11.5 Å². The fraction of sp³-hybridized carbons (Fsp3) is 0.455. The lowest BCUT2D eigenvalue weighted by Gasteiger charge is -2.33. The lowest BCUT2D eigenvalue weighted by atomic mass is 10.2. The molecule has 0 amide bonds. The zero-order chi connectivity index (χ0) is 15.8. The first-order valence-electron chi connectivity index (χ1n) is 6.06. The van der Waals surface area contributed by atoms with Gasteiger partial charge in [-0.2, -0.15) is 0 Å². The van der Waals surface area contributed by atoms with Crippen molar-refractivity contribution < 1.29 is 23.2 Å². The van der Waals surface area contributed by atoms with E-state index in [1.165, 1.54) is 4.90 Å². The molecule has 21 heavy (non-hydrogen) atoms. The second kappa shape index (κ2) is 5.28. The number of hydrogen-bond acceptors (Lipinski definition) is 7. The van der Waals surface area contributed by atoms with E-state index in [2.05, 4.69) is 4.98 Å². The lowest BCUT2D eigenvalue weighted by Crippen LogP contribution is -2.47. The fourth-order valence-electron chi connectivity index (χ4n) is 2.23. The minimum atomic E-state index is -3.16. The number of pyridine rings is 1. The van der Waals surface area contributed by atoms with Gasteiger partial charge in [-0.1, -0.05) is 0 Å². The van der Waals surface area contributed by atoms with Crippen molar-refractivity contribution in [2.45, 2.75) is 13.0 Å². The van der Waals surface area contributed by atoms with E-state index in [4.69, 9.17) is 5.11 Å². The summed E-state index contributed by atoms with van der Waals surface area (Å²) in [5.74, 6) is -1.55. The molecule has 0 spiro atoms. The minimum absolute atomic E-state index is 0.00704. The highest BCUT2D eigenvalue weighted by atomic mass is 32.2. The van der Waals surface area contributed by atoms with Gasteiger partial charge in [0.1, 0.15) is 0 Å². The molecule has 114 valence electrons. The van der Waals surface area contributed by atoms with Gasteiger partial charge in [0, 0.05) is 24.8 Å². The van der Waals surface area contributed by atoms with Gasteiger partial charge in [0.15, 0.2) is 9.84 Å². The Morgan fingerprint density at radius 3 is 2.76 bits per heavy atom. The van der Waals surface area contributed by atoms with Crippen LogP contribution in [0.15, 0.2) is 12.3 Å². The quantitative estimate of drug-likeness (QED) is 0.623. The Bertz CT molecular complexity index is 702. The van der Waals surface area contributed by atoms with E-state index < -0.39 is 32.5 Å². The van der Waals surface area contributed by atoms with Crippen molar-refractivity contribution in [3.05, 3.63) is 27.9 Å². The average molecular weight is 315 g/mol. The largest absolute Gasteiger partial charge is 0.478 e. The lowest BCUT2D eigenvalue weighted by molar-refractivity contribution is -0.384. The Balaban J connectivity index is 2.44. The fourth-order valence-corrected chi connectivity index (χ4v) is 3.79. The van der Waals surface area contributed by atoms with Crippen LogP contribution in [0.5, 0.6) is 0 Å². The van der Waals surface area contributed by atoms with Crippen LogP contribution in [0.25, 0.3) is 0 Å². The van der Waals surface area contributed by atoms with E-state index in [0.29, 0.717) is 0 Å². The van der Waals surface area contributed by atoms with Gasteiger partial charge in [-0.3, -0.25) is 10.1 Å². The number of hydrogen-bond donors (Lipinski definition) is 1. The molecule has 1 saturated heterocycles. The Labute approximate surface area is 120 Å². The standard InChI is InChI=1S/C11H13N3O6S/c1-7-6-21(19,20)3-2-13(7)10-9(14(17)18)4-8(5-12-10)11(15)16/h4-5,7H,2-3,6H2,1H3,(H,15,16). The molecule has 0 aromatic carbocycles. The average Bonchev–Trinajstić information content (AvgIpc) is 2.37. The molecule has 0 saturated carbocycles. The van der Waals surface area contributed by atoms with Crippen LogP contribution >= 0.6 is 0 Å². The summed E-state index contributed by atoms with van der Waals surface area (Å²) in [6, 6.07) is 0.464. The van der Waals surface area contributed by atoms with Gasteiger partial charge in [-0.05, 0) is 6.92 Å². The number of rotatable bonds is 3. The van der Waals surface area contributed by atoms with Crippen molar-refractivity contribution >= 4 is 27.3 Å². The summed E-state index contributed by atoms with van der Waals surface area (Å²) in [6.07, 6.45) is 1.03. The summed E-state index contributed by atoms with van der Waals surface area (Å²) in [5.41, 5.74) is -0.733. The highest BCUT2D eigenvalue weighted by Crippen LogP contribution is 2.29. The Kier molecular flexibility index (Phi) is 3.81. The molecule has 9 nitrogen and oxygen atoms in total. The molecule has 1 unspecified atom stereocenters. The second-order valence-corrected chi connectivity index (χ2v) is 7.01. The van der Waals surface area contributed by atoms with E-state index in [1.807, 2.05) is 0 Å². The van der Waals surface area contributed by atoms with Gasteiger partial charge >= 0.3 is 11.7 Å². The van der Waals surface area contributed by atoms with Crippen molar-refractivity contribution in [2.75, 3.05) is 23.0 Å². The normalized spacial score (nSPS) is 21.0. The molecule has 1 N–H and O–H groups in total. The van der Waals surface area contributed by atoms with Crippen LogP contribution in [-0.2, 0) is 9.84 Å². The number of anilines is 1. The number of aromatic nitrogens is 1. The minimum Gasteiger partial charge on any atom is -0.478 e. The molecular weight excluding hydrogens is 302 g/mol. The van der Waals surface area contributed by atoms with Gasteiger partial charge < -0.3 is 10.0 Å². The molecule has 2 heterocycles. The maximum absolute atomic E-state index is 11.5. The Morgan fingerprint density at radius 2 is 2.24 bits per heavy atom. The smallest absolute Gasteiger partial charge is 0.337 e. The number of carboxylic acids is 1. The summed E-state index contributed by atoms with van der Waals surface area (Å²) in [6.45, 7) is 1.72. The van der Waals surface area contributed by atoms with Crippen LogP contribution in [0.3, 0.4) is 0 Å². The second-order valence-electron chi connectivity index (χ2n) is 4.79. The van der Waals surface area contributed by atoms with E-state index >= 15 is 0 Å². The zero-order valence-electron chi connectivity index (χ0n) is 11.1. The van der Waals surface area contributed by atoms with Crippen molar-refractivity contribution in [2.24, 2.45) is 0 Å². The highest BCUT2D eigenvalue weighted by molar-refractivity contribution is 7.91. The van der Waals surface area contributed by atoms with Gasteiger partial charge in [-0.25, -0.2) is 18.2 Å². The van der Waals surface area contributed by atoms with Gasteiger partial charge in [0.05, 0.1) is 22.0 Å². The van der Waals surface area contributed by atoms with Crippen molar-refractivity contribution in [3.63, 3.8) is 0 Å². The molecular formula is C11H13N3O6S. The third-order valence-corrected chi connectivity index (χ3v) is 5.03. The van der Waals surface area contributed by atoms with Crippen LogP contribution in [-0.4, -0.2) is 53.5 Å². The third kappa shape index (κ3) is 3.10. The number of aromatic carboxylic acids is 1. The van der Waals surface area contributed by atoms with E-state index in [9.17, 15) is 23.3 Å². The van der Waals surface area contributed by atoms with Crippen molar-refractivity contribution in [3.8, 4) is 0 Å². The predicted octanol–water partition coefficient (Wildman–Crippen LogP) is 0.311. The molecule has 1 atom stereocenters. The summed E-state index contributed by atoms with van der Waals surface area (Å²) in [7, 11) is -3.16. The molecule has 2 rings (SSSR count). The van der Waals surface area contributed by atoms with Crippen molar-refractivity contribution in [1.29, 1.82) is 0 Å². The van der Waals surface area contributed by atoms with E-state index in [1.54, 1.807) is 6.92 Å². The first-order chi connectivity index (χ1) is 9.71. The SMILES string of the molecule is CC1CS(=O)(=O)CCN1c1ncc(C(=O)O)cc1[N+](=O)[O-]. The molecule has 0 bridgehead atoms. The summed E-state index contributed by atoms with van der Waals surface area (Å²) in [4.78, 5) is 26.6. The van der Waals surface area contributed by atoms with Gasteiger partial charge in [-0.15, -0.1) is 0 Å². The Hall–Kier alpha value is -2.23. The molecule has 1 aliphatic rings. The molecule has 1 aliphatic heterocycles. The maximum Gasteiger partial charge on any atom is 0.337 e. The molecule has 10 heteroatoms.